The summed E-state index contributed by atoms with van der Waals surface area (Å²) in [6, 6.07) is 24.3. The summed E-state index contributed by atoms with van der Waals surface area (Å²) in [4.78, 5) is 0. The van der Waals surface area contributed by atoms with Crippen LogP contribution in [0.3, 0.4) is 0 Å². The van der Waals surface area contributed by atoms with E-state index in [1.807, 2.05) is 66.7 Å². The number of methoxy groups -OCH3 is 1. The highest BCUT2D eigenvalue weighted by atomic mass is 35.5. The van der Waals surface area contributed by atoms with Gasteiger partial charge in [-0.1, -0.05) is 41.9 Å². The molecule has 0 fully saturated rings. The lowest BCUT2D eigenvalue weighted by atomic mass is 10.2. The fourth-order valence-electron chi connectivity index (χ4n) is 2.15. The summed E-state index contributed by atoms with van der Waals surface area (Å²) in [5.41, 5.74) is 5.22. The first-order chi connectivity index (χ1) is 12.8. The monoisotopic (exact) mass is 364 g/mol. The Hall–Kier alpha value is -3.18. The Labute approximate surface area is 157 Å². The molecule has 0 saturated heterocycles. The van der Waals surface area contributed by atoms with E-state index in [2.05, 4.69) is 20.8 Å². The van der Waals surface area contributed by atoms with E-state index in [9.17, 15) is 0 Å². The number of para-hydroxylation sites is 1. The van der Waals surface area contributed by atoms with E-state index < -0.39 is 0 Å². The molecule has 3 aromatic rings. The van der Waals surface area contributed by atoms with Crippen molar-refractivity contribution in [1.82, 2.24) is 0 Å². The smallest absolute Gasteiger partial charge is 0.201 e. The average molecular weight is 365 g/mol. The number of anilines is 1. The first-order valence-electron chi connectivity index (χ1n) is 7.96. The minimum atomic E-state index is 0.427. The molecule has 0 aliphatic rings. The van der Waals surface area contributed by atoms with E-state index in [0.29, 0.717) is 16.5 Å². The first-order valence-corrected chi connectivity index (χ1v) is 8.33. The standard InChI is InChI=1S/C20H17ClN4O/c1-26-17-13-11-15(12-14-17)20(24-22-16-7-3-2-4-8-16)25-23-19-10-6-5-9-18(19)21/h2-14,22H,1H3. The SMILES string of the molecule is COc1ccc(C(N=Nc2ccccc2Cl)=NNc2ccccc2)cc1. The zero-order valence-corrected chi connectivity index (χ0v) is 14.9. The molecule has 26 heavy (non-hydrogen) atoms. The van der Waals surface area contributed by atoms with Crippen molar-refractivity contribution in [3.8, 4) is 5.75 Å². The predicted octanol–water partition coefficient (Wildman–Crippen LogP) is 5.91. The van der Waals surface area contributed by atoms with Gasteiger partial charge in [-0.15, -0.1) is 10.2 Å². The molecular formula is C20H17ClN4O. The lowest BCUT2D eigenvalue weighted by Gasteiger charge is -2.05. The van der Waals surface area contributed by atoms with Crippen LogP contribution in [0.4, 0.5) is 11.4 Å². The van der Waals surface area contributed by atoms with E-state index in [-0.39, 0.29) is 0 Å². The summed E-state index contributed by atoms with van der Waals surface area (Å²) < 4.78 is 5.20. The molecule has 130 valence electrons. The van der Waals surface area contributed by atoms with Gasteiger partial charge in [-0.2, -0.15) is 5.10 Å². The fraction of sp³-hybridized carbons (Fsp3) is 0.0500. The molecule has 5 nitrogen and oxygen atoms in total. The lowest BCUT2D eigenvalue weighted by Crippen LogP contribution is -2.01. The van der Waals surface area contributed by atoms with E-state index >= 15 is 0 Å². The summed E-state index contributed by atoms with van der Waals surface area (Å²) in [6.45, 7) is 0. The minimum absolute atomic E-state index is 0.427. The second-order valence-electron chi connectivity index (χ2n) is 5.29. The number of nitrogens with zero attached hydrogens (tertiary/aromatic N) is 3. The average Bonchev–Trinajstić information content (AvgIpc) is 2.70. The highest BCUT2D eigenvalue weighted by Crippen LogP contribution is 2.24. The number of benzene rings is 3. The van der Waals surface area contributed by atoms with Crippen molar-refractivity contribution < 1.29 is 4.74 Å². The third-order valence-electron chi connectivity index (χ3n) is 3.52. The number of amidine groups is 1. The third kappa shape index (κ3) is 4.68. The molecule has 0 saturated carbocycles. The van der Waals surface area contributed by atoms with Crippen LogP contribution in [-0.2, 0) is 0 Å². The molecule has 0 heterocycles. The van der Waals surface area contributed by atoms with E-state index in [4.69, 9.17) is 16.3 Å². The summed E-state index contributed by atoms with van der Waals surface area (Å²) in [6.07, 6.45) is 0. The molecule has 3 rings (SSSR count). The fourth-order valence-corrected chi connectivity index (χ4v) is 2.32. The number of nitrogens with one attached hydrogen (secondary N) is 1. The van der Waals surface area contributed by atoms with Gasteiger partial charge in [0, 0.05) is 5.56 Å². The number of halogens is 1. The van der Waals surface area contributed by atoms with Crippen molar-refractivity contribution in [2.75, 3.05) is 12.5 Å². The van der Waals surface area contributed by atoms with Crippen LogP contribution in [-0.4, -0.2) is 12.9 Å². The van der Waals surface area contributed by atoms with Gasteiger partial charge < -0.3 is 4.74 Å². The Morgan fingerprint density at radius 3 is 2.27 bits per heavy atom. The summed E-state index contributed by atoms with van der Waals surface area (Å²) in [7, 11) is 1.62. The maximum absolute atomic E-state index is 6.14. The van der Waals surface area contributed by atoms with Crippen LogP contribution in [0.1, 0.15) is 5.56 Å². The maximum Gasteiger partial charge on any atom is 0.201 e. The van der Waals surface area contributed by atoms with Gasteiger partial charge in [0.25, 0.3) is 0 Å². The van der Waals surface area contributed by atoms with Crippen molar-refractivity contribution >= 4 is 28.8 Å². The van der Waals surface area contributed by atoms with Crippen molar-refractivity contribution in [3.63, 3.8) is 0 Å². The van der Waals surface area contributed by atoms with Crippen LogP contribution in [0.2, 0.25) is 5.02 Å². The second kappa shape index (κ2) is 8.78. The number of ether oxygens (including phenoxy) is 1. The molecule has 0 aliphatic heterocycles. The Balaban J connectivity index is 1.91. The Kier molecular flexibility index (Phi) is 5.96. The van der Waals surface area contributed by atoms with E-state index in [1.165, 1.54) is 0 Å². The van der Waals surface area contributed by atoms with Crippen molar-refractivity contribution in [1.29, 1.82) is 0 Å². The molecule has 0 aliphatic carbocycles. The normalized spacial score (nSPS) is 11.5. The van der Waals surface area contributed by atoms with E-state index in [0.717, 1.165) is 17.0 Å². The molecule has 0 aromatic heterocycles. The highest BCUT2D eigenvalue weighted by molar-refractivity contribution is 6.32. The quantitative estimate of drug-likeness (QED) is 0.265. The van der Waals surface area contributed by atoms with Crippen LogP contribution in [0.5, 0.6) is 5.75 Å². The first kappa shape index (κ1) is 17.6. The number of hydrogen-bond acceptors (Lipinski definition) is 4. The summed E-state index contributed by atoms with van der Waals surface area (Å²) in [5.74, 6) is 1.18. The predicted molar refractivity (Wildman–Crippen MR) is 106 cm³/mol. The molecule has 0 spiro atoms. The van der Waals surface area contributed by atoms with Crippen LogP contribution in [0.25, 0.3) is 0 Å². The van der Waals surface area contributed by atoms with Crippen LogP contribution >= 0.6 is 11.6 Å². The number of hydrogen-bond donors (Lipinski definition) is 1. The molecule has 0 unspecified atom stereocenters. The Bertz CT molecular complexity index is 909. The molecule has 3 aromatic carbocycles. The van der Waals surface area contributed by atoms with Gasteiger partial charge in [0.15, 0.2) is 0 Å². The van der Waals surface area contributed by atoms with Crippen molar-refractivity contribution in [2.24, 2.45) is 15.3 Å². The summed E-state index contributed by atoms with van der Waals surface area (Å²) in [5, 5.41) is 13.4. The topological polar surface area (TPSA) is 58.3 Å². The van der Waals surface area contributed by atoms with Gasteiger partial charge in [-0.05, 0) is 48.5 Å². The van der Waals surface area contributed by atoms with Gasteiger partial charge in [-0.25, -0.2) is 0 Å². The number of hydrazone groups is 1. The zero-order chi connectivity index (χ0) is 18.2. The Morgan fingerprint density at radius 2 is 1.58 bits per heavy atom. The largest absolute Gasteiger partial charge is 0.497 e. The molecule has 1 N–H and O–H groups in total. The molecular weight excluding hydrogens is 348 g/mol. The minimum Gasteiger partial charge on any atom is -0.497 e. The Morgan fingerprint density at radius 1 is 0.885 bits per heavy atom. The number of rotatable bonds is 5. The molecule has 0 atom stereocenters. The zero-order valence-electron chi connectivity index (χ0n) is 14.1. The molecule has 0 bridgehead atoms. The van der Waals surface area contributed by atoms with Crippen LogP contribution < -0.4 is 10.2 Å². The van der Waals surface area contributed by atoms with E-state index in [1.54, 1.807) is 19.2 Å². The van der Waals surface area contributed by atoms with Crippen LogP contribution in [0, 0.1) is 0 Å². The van der Waals surface area contributed by atoms with Crippen molar-refractivity contribution in [3.05, 3.63) is 89.4 Å². The van der Waals surface area contributed by atoms with Gasteiger partial charge in [0.05, 0.1) is 17.8 Å². The third-order valence-corrected chi connectivity index (χ3v) is 3.84. The maximum atomic E-state index is 6.14. The molecule has 6 heteroatoms. The second-order valence-corrected chi connectivity index (χ2v) is 5.70. The van der Waals surface area contributed by atoms with Gasteiger partial charge in [-0.3, -0.25) is 5.43 Å². The highest BCUT2D eigenvalue weighted by Gasteiger charge is 2.05. The number of azo groups is 1. The van der Waals surface area contributed by atoms with Gasteiger partial charge >= 0.3 is 0 Å². The molecule has 0 amide bonds. The molecule has 0 radical (unpaired) electrons. The lowest BCUT2D eigenvalue weighted by molar-refractivity contribution is 0.415. The van der Waals surface area contributed by atoms with Crippen LogP contribution in [0.15, 0.2) is 94.2 Å². The van der Waals surface area contributed by atoms with Gasteiger partial charge in [0.1, 0.15) is 11.4 Å². The van der Waals surface area contributed by atoms with Crippen molar-refractivity contribution in [2.45, 2.75) is 0 Å². The summed E-state index contributed by atoms with van der Waals surface area (Å²) >= 11 is 6.14. The van der Waals surface area contributed by atoms with Gasteiger partial charge in [0.2, 0.25) is 5.84 Å².